The van der Waals surface area contributed by atoms with E-state index in [0.717, 1.165) is 35.6 Å². The summed E-state index contributed by atoms with van der Waals surface area (Å²) in [6.07, 6.45) is 1.76. The Kier molecular flexibility index (Phi) is 7.60. The van der Waals surface area contributed by atoms with Crippen molar-refractivity contribution in [2.75, 3.05) is 25.0 Å². The molecule has 2 heterocycles. The summed E-state index contributed by atoms with van der Waals surface area (Å²) < 4.78 is 45.6. The van der Waals surface area contributed by atoms with Crippen LogP contribution in [0.2, 0.25) is 0 Å². The first kappa shape index (κ1) is 24.3. The summed E-state index contributed by atoms with van der Waals surface area (Å²) in [7, 11) is -3.71. The third kappa shape index (κ3) is 5.63. The van der Waals surface area contributed by atoms with Gasteiger partial charge in [-0.05, 0) is 67.8 Å². The molecule has 0 saturated carbocycles. The van der Waals surface area contributed by atoms with Gasteiger partial charge < -0.3 is 10.1 Å². The Labute approximate surface area is 202 Å². The lowest BCUT2D eigenvalue weighted by molar-refractivity contribution is -0.120. The summed E-state index contributed by atoms with van der Waals surface area (Å²) >= 11 is 1.35. The maximum atomic E-state index is 13.1. The Hall–Kier alpha value is -2.82. The standard InChI is InChI=1S/C24H26FN3O4S2/c1-2-15-32-20-7-3-17(4-8-20)22-16-33-24(26-22)27-23(29)18-11-13-28(14-12-18)34(30,31)21-9-5-19(25)6-10-21/h3-10,16,18H,2,11-15H2,1H3,(H,26,27,29). The molecule has 0 spiro atoms. The minimum Gasteiger partial charge on any atom is -0.494 e. The number of piperidine rings is 1. The van der Waals surface area contributed by atoms with Crippen LogP contribution in [-0.2, 0) is 14.8 Å². The molecule has 2 aromatic carbocycles. The molecule has 1 aromatic heterocycles. The van der Waals surface area contributed by atoms with Crippen LogP contribution < -0.4 is 10.1 Å². The number of halogens is 1. The number of nitrogens with one attached hydrogen (secondary N) is 1. The number of carbonyl (C=O) groups is 1. The predicted octanol–water partition coefficient (Wildman–Crippen LogP) is 4.78. The van der Waals surface area contributed by atoms with Gasteiger partial charge in [0, 0.05) is 30.0 Å². The van der Waals surface area contributed by atoms with Gasteiger partial charge in [0.15, 0.2) is 5.13 Å². The number of anilines is 1. The highest BCUT2D eigenvalue weighted by atomic mass is 32.2. The van der Waals surface area contributed by atoms with Gasteiger partial charge >= 0.3 is 0 Å². The Morgan fingerprint density at radius 1 is 1.15 bits per heavy atom. The summed E-state index contributed by atoms with van der Waals surface area (Å²) in [6.45, 7) is 3.18. The van der Waals surface area contributed by atoms with Crippen molar-refractivity contribution in [1.82, 2.24) is 9.29 Å². The zero-order valence-electron chi connectivity index (χ0n) is 18.7. The van der Waals surface area contributed by atoms with Crippen molar-refractivity contribution in [3.8, 4) is 17.0 Å². The number of rotatable bonds is 8. The zero-order chi connectivity index (χ0) is 24.1. The summed E-state index contributed by atoms with van der Waals surface area (Å²) in [5.41, 5.74) is 1.70. The minimum atomic E-state index is -3.71. The lowest BCUT2D eigenvalue weighted by Gasteiger charge is -2.30. The van der Waals surface area contributed by atoms with Gasteiger partial charge in [-0.15, -0.1) is 11.3 Å². The molecule has 10 heteroatoms. The van der Waals surface area contributed by atoms with Gasteiger partial charge in [-0.2, -0.15) is 4.31 Å². The second-order valence-electron chi connectivity index (χ2n) is 8.03. The molecule has 0 atom stereocenters. The number of sulfonamides is 1. The topological polar surface area (TPSA) is 88.6 Å². The molecule has 4 rings (SSSR count). The molecule has 1 aliphatic heterocycles. The van der Waals surface area contributed by atoms with Crippen LogP contribution in [0.25, 0.3) is 11.3 Å². The van der Waals surface area contributed by atoms with Gasteiger partial charge in [0.25, 0.3) is 0 Å². The SMILES string of the molecule is CCCOc1ccc(-c2csc(NC(=O)C3CCN(S(=O)(=O)c4ccc(F)cc4)CC3)n2)cc1. The maximum absolute atomic E-state index is 13.1. The van der Waals surface area contributed by atoms with E-state index in [9.17, 15) is 17.6 Å². The van der Waals surface area contributed by atoms with Crippen LogP contribution in [-0.4, -0.2) is 43.3 Å². The first-order valence-electron chi connectivity index (χ1n) is 11.1. The summed E-state index contributed by atoms with van der Waals surface area (Å²) in [5.74, 6) is -0.148. The number of carbonyl (C=O) groups excluding carboxylic acids is 1. The van der Waals surface area contributed by atoms with Crippen molar-refractivity contribution in [3.05, 3.63) is 59.7 Å². The molecule has 3 aromatic rings. The molecule has 0 bridgehead atoms. The third-order valence-electron chi connectivity index (χ3n) is 5.63. The molecular weight excluding hydrogens is 477 g/mol. The number of benzene rings is 2. The largest absolute Gasteiger partial charge is 0.494 e. The van der Waals surface area contributed by atoms with Crippen molar-refractivity contribution in [2.24, 2.45) is 5.92 Å². The van der Waals surface area contributed by atoms with E-state index in [1.54, 1.807) is 0 Å². The highest BCUT2D eigenvalue weighted by Crippen LogP contribution is 2.29. The second kappa shape index (κ2) is 10.6. The molecule has 1 N–H and O–H groups in total. The number of ether oxygens (including phenoxy) is 1. The monoisotopic (exact) mass is 503 g/mol. The van der Waals surface area contributed by atoms with E-state index in [1.165, 1.54) is 27.8 Å². The number of hydrogen-bond donors (Lipinski definition) is 1. The van der Waals surface area contributed by atoms with E-state index in [2.05, 4.69) is 17.2 Å². The van der Waals surface area contributed by atoms with E-state index in [1.807, 2.05) is 29.6 Å². The molecule has 1 aliphatic rings. The van der Waals surface area contributed by atoms with Crippen LogP contribution in [0.15, 0.2) is 58.8 Å². The first-order chi connectivity index (χ1) is 16.4. The lowest BCUT2D eigenvalue weighted by Crippen LogP contribution is -2.41. The predicted molar refractivity (Wildman–Crippen MR) is 130 cm³/mol. The van der Waals surface area contributed by atoms with E-state index >= 15 is 0 Å². The fourth-order valence-corrected chi connectivity index (χ4v) is 5.92. The van der Waals surface area contributed by atoms with E-state index in [4.69, 9.17) is 4.74 Å². The average Bonchev–Trinajstić information content (AvgIpc) is 3.32. The zero-order valence-corrected chi connectivity index (χ0v) is 20.4. The van der Waals surface area contributed by atoms with Crippen LogP contribution in [0.3, 0.4) is 0 Å². The summed E-state index contributed by atoms with van der Waals surface area (Å²) in [5, 5.41) is 5.26. The van der Waals surface area contributed by atoms with Crippen molar-refractivity contribution >= 4 is 32.4 Å². The first-order valence-corrected chi connectivity index (χ1v) is 13.4. The fourth-order valence-electron chi connectivity index (χ4n) is 3.73. The van der Waals surface area contributed by atoms with Gasteiger partial charge in [-0.25, -0.2) is 17.8 Å². The molecule has 180 valence electrons. The van der Waals surface area contributed by atoms with E-state index in [-0.39, 0.29) is 29.8 Å². The molecule has 1 amide bonds. The second-order valence-corrected chi connectivity index (χ2v) is 10.8. The Morgan fingerprint density at radius 2 is 1.82 bits per heavy atom. The molecule has 0 unspecified atom stereocenters. The fraction of sp³-hybridized carbons (Fsp3) is 0.333. The smallest absolute Gasteiger partial charge is 0.243 e. The number of hydrogen-bond acceptors (Lipinski definition) is 6. The number of thiazole rings is 1. The lowest BCUT2D eigenvalue weighted by atomic mass is 9.97. The summed E-state index contributed by atoms with van der Waals surface area (Å²) in [4.78, 5) is 17.3. The van der Waals surface area contributed by atoms with Gasteiger partial charge in [-0.1, -0.05) is 6.92 Å². The quantitative estimate of drug-likeness (QED) is 0.478. The number of amides is 1. The highest BCUT2D eigenvalue weighted by Gasteiger charge is 2.32. The molecule has 7 nitrogen and oxygen atoms in total. The maximum Gasteiger partial charge on any atom is 0.243 e. The molecule has 1 fully saturated rings. The van der Waals surface area contributed by atoms with Crippen molar-refractivity contribution < 1.29 is 22.3 Å². The Bertz CT molecular complexity index is 1220. The third-order valence-corrected chi connectivity index (χ3v) is 8.30. The van der Waals surface area contributed by atoms with Gasteiger partial charge in [-0.3, -0.25) is 4.79 Å². The van der Waals surface area contributed by atoms with Crippen molar-refractivity contribution in [2.45, 2.75) is 31.1 Å². The molecule has 1 saturated heterocycles. The molecule has 34 heavy (non-hydrogen) atoms. The Balaban J connectivity index is 1.32. The van der Waals surface area contributed by atoms with Crippen molar-refractivity contribution in [3.63, 3.8) is 0 Å². The van der Waals surface area contributed by atoms with Crippen LogP contribution in [0.1, 0.15) is 26.2 Å². The normalized spacial score (nSPS) is 15.2. The Morgan fingerprint density at radius 3 is 2.47 bits per heavy atom. The van der Waals surface area contributed by atoms with E-state index in [0.29, 0.717) is 24.6 Å². The van der Waals surface area contributed by atoms with Gasteiger partial charge in [0.1, 0.15) is 11.6 Å². The highest BCUT2D eigenvalue weighted by molar-refractivity contribution is 7.89. The van der Waals surface area contributed by atoms with E-state index < -0.39 is 15.8 Å². The number of aromatic nitrogens is 1. The van der Waals surface area contributed by atoms with Gasteiger partial charge in [0.2, 0.25) is 15.9 Å². The van der Waals surface area contributed by atoms with Crippen LogP contribution >= 0.6 is 11.3 Å². The summed E-state index contributed by atoms with van der Waals surface area (Å²) in [6, 6.07) is 12.4. The molecule has 0 aliphatic carbocycles. The average molecular weight is 504 g/mol. The van der Waals surface area contributed by atoms with Crippen LogP contribution in [0.5, 0.6) is 5.75 Å². The van der Waals surface area contributed by atoms with Crippen LogP contribution in [0, 0.1) is 11.7 Å². The minimum absolute atomic E-state index is 0.0528. The number of nitrogens with zero attached hydrogens (tertiary/aromatic N) is 2. The van der Waals surface area contributed by atoms with Crippen LogP contribution in [0.4, 0.5) is 9.52 Å². The van der Waals surface area contributed by atoms with Crippen molar-refractivity contribution in [1.29, 1.82) is 0 Å². The molecule has 0 radical (unpaired) electrons. The molecular formula is C24H26FN3O4S2. The van der Waals surface area contributed by atoms with Gasteiger partial charge in [0.05, 0.1) is 17.2 Å².